The first kappa shape index (κ1) is 13.2. The Labute approximate surface area is 98.7 Å². The number of hydrogen-bond acceptors (Lipinski definition) is 2. The Morgan fingerprint density at radius 2 is 1.88 bits per heavy atom. The second kappa shape index (κ2) is 4.58. The number of rotatable bonds is 6. The van der Waals surface area contributed by atoms with Crippen molar-refractivity contribution in [2.45, 2.75) is 27.7 Å². The maximum absolute atomic E-state index is 11.5. The molecule has 0 aromatic heterocycles. The minimum atomic E-state index is 0.0698. The third-order valence-corrected chi connectivity index (χ3v) is 4.40. The van der Waals surface area contributed by atoms with Gasteiger partial charge in [0.15, 0.2) is 0 Å². The van der Waals surface area contributed by atoms with Crippen LogP contribution in [0.3, 0.4) is 0 Å². The predicted molar refractivity (Wildman–Crippen MR) is 67.1 cm³/mol. The van der Waals surface area contributed by atoms with Crippen LogP contribution >= 0.6 is 0 Å². The monoisotopic (exact) mass is 224 g/mol. The highest BCUT2D eigenvalue weighted by atomic mass is 16.1. The molecule has 1 fully saturated rings. The summed E-state index contributed by atoms with van der Waals surface area (Å²) in [6.45, 7) is 14.5. The Hall–Kier alpha value is -0.830. The number of nitrogens with one attached hydrogen (secondary N) is 2. The summed E-state index contributed by atoms with van der Waals surface area (Å²) < 4.78 is 0. The molecule has 1 aliphatic carbocycles. The van der Waals surface area contributed by atoms with E-state index in [9.17, 15) is 4.79 Å². The van der Waals surface area contributed by atoms with Gasteiger partial charge in [0.1, 0.15) is 0 Å². The second-order valence-electron chi connectivity index (χ2n) is 5.72. The largest absolute Gasteiger partial charge is 0.355 e. The lowest BCUT2D eigenvalue weighted by atomic mass is 10.0. The van der Waals surface area contributed by atoms with Gasteiger partial charge in [0.25, 0.3) is 0 Å². The molecular formula is C13H24N2O. The van der Waals surface area contributed by atoms with Crippen molar-refractivity contribution in [3.63, 3.8) is 0 Å². The van der Waals surface area contributed by atoms with Crippen LogP contribution in [0.4, 0.5) is 0 Å². The number of hydrogen-bond donors (Lipinski definition) is 2. The Bertz CT molecular complexity index is 268. The molecular weight excluding hydrogens is 200 g/mol. The van der Waals surface area contributed by atoms with Crippen LogP contribution < -0.4 is 10.6 Å². The fraction of sp³-hybridized carbons (Fsp3) is 0.769. The summed E-state index contributed by atoms with van der Waals surface area (Å²) in [6, 6.07) is 0. The Morgan fingerprint density at radius 3 is 2.31 bits per heavy atom. The van der Waals surface area contributed by atoms with Crippen LogP contribution in [0, 0.1) is 16.7 Å². The lowest BCUT2D eigenvalue weighted by Crippen LogP contribution is -2.35. The van der Waals surface area contributed by atoms with E-state index in [1.165, 1.54) is 0 Å². The summed E-state index contributed by atoms with van der Waals surface area (Å²) in [5.74, 6) is 0.656. The van der Waals surface area contributed by atoms with Gasteiger partial charge in [-0.25, -0.2) is 0 Å². The van der Waals surface area contributed by atoms with Crippen LogP contribution in [-0.2, 0) is 4.79 Å². The molecule has 16 heavy (non-hydrogen) atoms. The third kappa shape index (κ3) is 2.46. The van der Waals surface area contributed by atoms with Crippen molar-refractivity contribution in [3.05, 3.63) is 12.7 Å². The minimum absolute atomic E-state index is 0.0698. The van der Waals surface area contributed by atoms with Crippen molar-refractivity contribution in [1.29, 1.82) is 0 Å². The molecule has 2 N–H and O–H groups in total. The van der Waals surface area contributed by atoms with E-state index in [4.69, 9.17) is 0 Å². The number of carbonyl (C=O) groups excluding carboxylic acids is 1. The second-order valence-corrected chi connectivity index (χ2v) is 5.72. The Morgan fingerprint density at radius 1 is 1.31 bits per heavy atom. The van der Waals surface area contributed by atoms with Crippen LogP contribution in [0.1, 0.15) is 27.7 Å². The average Bonchev–Trinajstić information content (AvgIpc) is 2.55. The van der Waals surface area contributed by atoms with E-state index < -0.39 is 0 Å². The highest BCUT2D eigenvalue weighted by Gasteiger charge is 2.64. The van der Waals surface area contributed by atoms with Crippen LogP contribution in [-0.4, -0.2) is 25.5 Å². The fourth-order valence-corrected chi connectivity index (χ4v) is 2.41. The molecule has 0 heterocycles. The van der Waals surface area contributed by atoms with Crippen LogP contribution in [0.15, 0.2) is 12.7 Å². The number of amides is 1. The Kier molecular flexibility index (Phi) is 3.79. The van der Waals surface area contributed by atoms with E-state index in [0.29, 0.717) is 29.8 Å². The lowest BCUT2D eigenvalue weighted by Gasteiger charge is -2.06. The smallest absolute Gasteiger partial charge is 0.233 e. The van der Waals surface area contributed by atoms with Gasteiger partial charge in [-0.15, -0.1) is 6.58 Å². The van der Waals surface area contributed by atoms with Crippen molar-refractivity contribution < 1.29 is 4.79 Å². The maximum atomic E-state index is 11.5. The van der Waals surface area contributed by atoms with Crippen LogP contribution in [0.2, 0.25) is 0 Å². The van der Waals surface area contributed by atoms with Gasteiger partial charge in [-0.1, -0.05) is 33.8 Å². The summed E-state index contributed by atoms with van der Waals surface area (Å²) in [5.41, 5.74) is 0.684. The highest BCUT2D eigenvalue weighted by molar-refractivity contribution is 5.78. The van der Waals surface area contributed by atoms with E-state index >= 15 is 0 Å². The first-order chi connectivity index (χ1) is 7.34. The van der Waals surface area contributed by atoms with Crippen molar-refractivity contribution in [2.75, 3.05) is 19.6 Å². The van der Waals surface area contributed by atoms with Gasteiger partial charge in [-0.3, -0.25) is 4.79 Å². The first-order valence-corrected chi connectivity index (χ1v) is 5.92. The molecule has 0 bridgehead atoms. The predicted octanol–water partition coefficient (Wildman–Crippen LogP) is 1.56. The lowest BCUT2D eigenvalue weighted by molar-refractivity contribution is -0.120. The molecule has 1 aliphatic rings. The van der Waals surface area contributed by atoms with E-state index in [-0.39, 0.29) is 5.91 Å². The standard InChI is InChI=1S/C13H24N2O/c1-6-7-14-9-11(16)15-8-10-12(2,3)13(10,4)5/h6,10,14H,1,7-9H2,2-5H3,(H,15,16). The van der Waals surface area contributed by atoms with Crippen molar-refractivity contribution in [1.82, 2.24) is 10.6 Å². The topological polar surface area (TPSA) is 41.1 Å². The zero-order chi connectivity index (χ0) is 12.4. The van der Waals surface area contributed by atoms with Gasteiger partial charge >= 0.3 is 0 Å². The molecule has 1 saturated carbocycles. The summed E-state index contributed by atoms with van der Waals surface area (Å²) in [5, 5.41) is 5.97. The average molecular weight is 224 g/mol. The normalized spacial score (nSPS) is 21.5. The maximum Gasteiger partial charge on any atom is 0.233 e. The third-order valence-electron chi connectivity index (χ3n) is 4.40. The molecule has 0 aromatic carbocycles. The summed E-state index contributed by atoms with van der Waals surface area (Å²) in [4.78, 5) is 11.5. The molecule has 1 rings (SSSR count). The molecule has 0 atom stereocenters. The molecule has 0 unspecified atom stereocenters. The summed E-state index contributed by atoms with van der Waals surface area (Å²) in [6.07, 6.45) is 1.75. The number of carbonyl (C=O) groups is 1. The van der Waals surface area contributed by atoms with Crippen molar-refractivity contribution in [3.8, 4) is 0 Å². The van der Waals surface area contributed by atoms with E-state index in [1.807, 2.05) is 0 Å². The van der Waals surface area contributed by atoms with Crippen molar-refractivity contribution >= 4 is 5.91 Å². The molecule has 0 aromatic rings. The zero-order valence-corrected chi connectivity index (χ0v) is 10.9. The zero-order valence-electron chi connectivity index (χ0n) is 10.9. The quantitative estimate of drug-likeness (QED) is 0.531. The molecule has 0 spiro atoms. The van der Waals surface area contributed by atoms with E-state index in [1.54, 1.807) is 6.08 Å². The fourth-order valence-electron chi connectivity index (χ4n) is 2.41. The molecule has 1 amide bonds. The van der Waals surface area contributed by atoms with Gasteiger partial charge in [0.2, 0.25) is 5.91 Å². The van der Waals surface area contributed by atoms with Gasteiger partial charge < -0.3 is 10.6 Å². The van der Waals surface area contributed by atoms with E-state index in [2.05, 4.69) is 44.9 Å². The van der Waals surface area contributed by atoms with Gasteiger partial charge in [0, 0.05) is 13.1 Å². The SMILES string of the molecule is C=CCNCC(=O)NCC1C(C)(C)C1(C)C. The van der Waals surface area contributed by atoms with Crippen LogP contribution in [0.25, 0.3) is 0 Å². The molecule has 0 aliphatic heterocycles. The van der Waals surface area contributed by atoms with Crippen molar-refractivity contribution in [2.24, 2.45) is 16.7 Å². The molecule has 0 saturated heterocycles. The van der Waals surface area contributed by atoms with Gasteiger partial charge in [-0.05, 0) is 16.7 Å². The molecule has 3 nitrogen and oxygen atoms in total. The van der Waals surface area contributed by atoms with Gasteiger partial charge in [0.05, 0.1) is 6.54 Å². The molecule has 3 heteroatoms. The molecule has 92 valence electrons. The Balaban J connectivity index is 2.22. The summed E-state index contributed by atoms with van der Waals surface area (Å²) in [7, 11) is 0. The van der Waals surface area contributed by atoms with Crippen LogP contribution in [0.5, 0.6) is 0 Å². The minimum Gasteiger partial charge on any atom is -0.355 e. The van der Waals surface area contributed by atoms with Gasteiger partial charge in [-0.2, -0.15) is 0 Å². The summed E-state index contributed by atoms with van der Waals surface area (Å²) >= 11 is 0. The highest BCUT2D eigenvalue weighted by Crippen LogP contribution is 2.67. The molecule has 0 radical (unpaired) electrons. The van der Waals surface area contributed by atoms with E-state index in [0.717, 1.165) is 6.54 Å². The first-order valence-electron chi connectivity index (χ1n) is 5.92.